The molecule has 0 saturated carbocycles. The maximum atomic E-state index is 13.2. The van der Waals surface area contributed by atoms with Crippen LogP contribution in [0.3, 0.4) is 0 Å². The first kappa shape index (κ1) is 19.3. The van der Waals surface area contributed by atoms with Crippen LogP contribution in [0.15, 0.2) is 24.3 Å². The van der Waals surface area contributed by atoms with Crippen molar-refractivity contribution >= 4 is 34.4 Å². The van der Waals surface area contributed by atoms with E-state index in [0.717, 1.165) is 30.6 Å². The summed E-state index contributed by atoms with van der Waals surface area (Å²) in [6.07, 6.45) is 4.00. The second-order valence-electron chi connectivity index (χ2n) is 7.88. The topological polar surface area (TPSA) is 74.8 Å². The van der Waals surface area contributed by atoms with E-state index in [1.807, 2.05) is 0 Å². The molecule has 0 aromatic heterocycles. The lowest BCUT2D eigenvalue weighted by Crippen LogP contribution is -2.44. The molecule has 150 valence electrons. The average molecular weight is 392 g/mol. The Morgan fingerprint density at radius 1 is 0.759 bits per heavy atom. The van der Waals surface area contributed by atoms with E-state index in [4.69, 9.17) is 0 Å². The molecule has 4 rings (SSSR count). The number of carbonyl (C=O) groups excluding carboxylic acids is 4. The molecule has 1 unspecified atom stereocenters. The monoisotopic (exact) mass is 392 g/mol. The fourth-order valence-electron chi connectivity index (χ4n) is 4.39. The van der Waals surface area contributed by atoms with Gasteiger partial charge in [-0.25, -0.2) is 0 Å². The Morgan fingerprint density at radius 2 is 1.21 bits per heavy atom. The van der Waals surface area contributed by atoms with E-state index >= 15 is 0 Å². The van der Waals surface area contributed by atoms with E-state index in [1.165, 1.54) is 11.9 Å². The molecule has 6 heteroatoms. The van der Waals surface area contributed by atoms with E-state index in [0.29, 0.717) is 39.6 Å². The lowest BCUT2D eigenvalue weighted by molar-refractivity contribution is 0.0574. The standard InChI is InChI=1S/C23H24N2O4/c1-4-6-7-13(5-2)12-25-22(28)16-10-8-14-18-15(21(27)24(3)20(14)26)9-11-17(19(16)18)23(25)29/h8-11,13H,4-7,12H2,1-3H3. The highest BCUT2D eigenvalue weighted by molar-refractivity contribution is 6.33. The molecule has 6 nitrogen and oxygen atoms in total. The smallest absolute Gasteiger partial charge is 0.261 e. The van der Waals surface area contributed by atoms with Gasteiger partial charge >= 0.3 is 0 Å². The molecule has 0 aliphatic carbocycles. The second-order valence-corrected chi connectivity index (χ2v) is 7.88. The highest BCUT2D eigenvalue weighted by Crippen LogP contribution is 2.37. The van der Waals surface area contributed by atoms with Crippen molar-refractivity contribution < 1.29 is 19.2 Å². The molecule has 0 fully saturated rings. The summed E-state index contributed by atoms with van der Waals surface area (Å²) in [5.41, 5.74) is 1.48. The molecule has 2 aliphatic heterocycles. The third-order valence-electron chi connectivity index (χ3n) is 6.17. The number of carbonyl (C=O) groups is 4. The number of nitrogens with zero attached hydrogens (tertiary/aromatic N) is 2. The zero-order valence-corrected chi connectivity index (χ0v) is 16.9. The number of rotatable bonds is 6. The van der Waals surface area contributed by atoms with Gasteiger partial charge in [0.25, 0.3) is 23.6 Å². The van der Waals surface area contributed by atoms with Gasteiger partial charge < -0.3 is 0 Å². The molecule has 4 amide bonds. The van der Waals surface area contributed by atoms with Gasteiger partial charge in [0.05, 0.1) is 0 Å². The Labute approximate surface area is 169 Å². The first-order chi connectivity index (χ1) is 13.9. The van der Waals surface area contributed by atoms with Crippen molar-refractivity contribution in [2.24, 2.45) is 5.92 Å². The number of unbranched alkanes of at least 4 members (excludes halogenated alkanes) is 1. The number of benzene rings is 2. The average Bonchev–Trinajstić information content (AvgIpc) is 2.74. The van der Waals surface area contributed by atoms with Gasteiger partial charge in [-0.3, -0.25) is 29.0 Å². The van der Waals surface area contributed by atoms with Crippen molar-refractivity contribution in [2.75, 3.05) is 13.6 Å². The van der Waals surface area contributed by atoms with Crippen LogP contribution in [-0.2, 0) is 0 Å². The van der Waals surface area contributed by atoms with E-state index < -0.39 is 11.8 Å². The zero-order valence-electron chi connectivity index (χ0n) is 16.9. The van der Waals surface area contributed by atoms with E-state index in [1.54, 1.807) is 24.3 Å². The summed E-state index contributed by atoms with van der Waals surface area (Å²) in [5, 5.41) is 0.857. The Hall–Kier alpha value is -3.02. The Morgan fingerprint density at radius 3 is 1.62 bits per heavy atom. The maximum Gasteiger partial charge on any atom is 0.261 e. The molecule has 29 heavy (non-hydrogen) atoms. The van der Waals surface area contributed by atoms with E-state index in [2.05, 4.69) is 13.8 Å². The van der Waals surface area contributed by atoms with Gasteiger partial charge in [0.2, 0.25) is 0 Å². The summed E-state index contributed by atoms with van der Waals surface area (Å²) < 4.78 is 0. The summed E-state index contributed by atoms with van der Waals surface area (Å²) >= 11 is 0. The highest BCUT2D eigenvalue weighted by atomic mass is 16.2. The number of amides is 4. The van der Waals surface area contributed by atoms with Crippen LogP contribution in [0.25, 0.3) is 10.8 Å². The molecule has 2 aliphatic rings. The minimum atomic E-state index is -0.417. The van der Waals surface area contributed by atoms with Crippen LogP contribution in [0, 0.1) is 5.92 Å². The molecule has 0 spiro atoms. The van der Waals surface area contributed by atoms with Crippen molar-refractivity contribution in [3.63, 3.8) is 0 Å². The van der Waals surface area contributed by atoms with Gasteiger partial charge in [0.1, 0.15) is 0 Å². The second kappa shape index (κ2) is 7.10. The SMILES string of the molecule is CCCCC(CC)CN1C(=O)c2ccc3c4c(ccc(c24)C1=O)C(=O)N(C)C3=O. The quantitative estimate of drug-likeness (QED) is 0.699. The highest BCUT2D eigenvalue weighted by Gasteiger charge is 2.38. The normalized spacial score (nSPS) is 16.8. The number of hydrogen-bond acceptors (Lipinski definition) is 4. The summed E-state index contributed by atoms with van der Waals surface area (Å²) in [6.45, 7) is 4.59. The van der Waals surface area contributed by atoms with Crippen molar-refractivity contribution in [2.45, 2.75) is 39.5 Å². The lowest BCUT2D eigenvalue weighted by Gasteiger charge is -2.32. The third kappa shape index (κ3) is 2.77. The van der Waals surface area contributed by atoms with Gasteiger partial charge in [-0.2, -0.15) is 0 Å². The summed E-state index contributed by atoms with van der Waals surface area (Å²) in [5.74, 6) is -1.27. The lowest BCUT2D eigenvalue weighted by atomic mass is 9.85. The molecule has 2 heterocycles. The number of imide groups is 2. The molecule has 2 aromatic carbocycles. The first-order valence-corrected chi connectivity index (χ1v) is 10.2. The van der Waals surface area contributed by atoms with Gasteiger partial charge in [-0.1, -0.05) is 33.1 Å². The predicted octanol–water partition coefficient (Wildman–Crippen LogP) is 3.88. The molecule has 0 saturated heterocycles. The molecular formula is C23H24N2O4. The van der Waals surface area contributed by atoms with Crippen LogP contribution in [0.4, 0.5) is 0 Å². The van der Waals surface area contributed by atoms with Gasteiger partial charge in [-0.05, 0) is 36.6 Å². The van der Waals surface area contributed by atoms with Gasteiger partial charge in [-0.15, -0.1) is 0 Å². The van der Waals surface area contributed by atoms with Crippen LogP contribution in [-0.4, -0.2) is 47.0 Å². The van der Waals surface area contributed by atoms with Crippen LogP contribution < -0.4 is 0 Å². The van der Waals surface area contributed by atoms with E-state index in [-0.39, 0.29) is 17.7 Å². The molecule has 0 radical (unpaired) electrons. The fourth-order valence-corrected chi connectivity index (χ4v) is 4.39. The van der Waals surface area contributed by atoms with Crippen molar-refractivity contribution in [3.8, 4) is 0 Å². The van der Waals surface area contributed by atoms with Crippen LogP contribution in [0.5, 0.6) is 0 Å². The molecule has 2 aromatic rings. The number of hydrogen-bond donors (Lipinski definition) is 0. The van der Waals surface area contributed by atoms with Crippen molar-refractivity contribution in [1.29, 1.82) is 0 Å². The summed E-state index contributed by atoms with van der Waals surface area (Å²) in [4.78, 5) is 54.0. The molecular weight excluding hydrogens is 368 g/mol. The molecule has 0 bridgehead atoms. The maximum absolute atomic E-state index is 13.2. The molecule has 1 atom stereocenters. The van der Waals surface area contributed by atoms with Crippen LogP contribution in [0.1, 0.15) is 81.0 Å². The zero-order chi connectivity index (χ0) is 20.9. The Balaban J connectivity index is 1.84. The predicted molar refractivity (Wildman–Crippen MR) is 109 cm³/mol. The van der Waals surface area contributed by atoms with Crippen molar-refractivity contribution in [1.82, 2.24) is 9.80 Å². The Bertz CT molecular complexity index is 1000. The third-order valence-corrected chi connectivity index (χ3v) is 6.17. The van der Waals surface area contributed by atoms with Crippen molar-refractivity contribution in [3.05, 3.63) is 46.5 Å². The molecule has 0 N–H and O–H groups in total. The Kier molecular flexibility index (Phi) is 4.73. The first-order valence-electron chi connectivity index (χ1n) is 10.2. The van der Waals surface area contributed by atoms with Crippen LogP contribution >= 0.6 is 0 Å². The fraction of sp³-hybridized carbons (Fsp3) is 0.391. The summed E-state index contributed by atoms with van der Waals surface area (Å²) in [6, 6.07) is 6.41. The van der Waals surface area contributed by atoms with Crippen LogP contribution in [0.2, 0.25) is 0 Å². The van der Waals surface area contributed by atoms with Gasteiger partial charge in [0, 0.05) is 46.6 Å². The van der Waals surface area contributed by atoms with E-state index in [9.17, 15) is 19.2 Å². The minimum Gasteiger partial charge on any atom is -0.277 e. The minimum absolute atomic E-state index is 0.258. The van der Waals surface area contributed by atoms with Gasteiger partial charge in [0.15, 0.2) is 0 Å². The largest absolute Gasteiger partial charge is 0.277 e. The summed E-state index contributed by atoms with van der Waals surface area (Å²) in [7, 11) is 1.44.